The lowest BCUT2D eigenvalue weighted by atomic mass is 9.78. The first-order valence-corrected chi connectivity index (χ1v) is 9.29. The van der Waals surface area contributed by atoms with Crippen LogP contribution in [0.25, 0.3) is 11.3 Å². The van der Waals surface area contributed by atoms with Crippen LogP contribution in [0.2, 0.25) is 0 Å². The molecule has 0 unspecified atom stereocenters. The number of rotatable bonds is 5. The van der Waals surface area contributed by atoms with Crippen LogP contribution in [-0.2, 0) is 11.8 Å². The SMILES string of the molecule is Cn1nc(NC(=O)CC(C)(C)C(F)(F)F)c(C2CCC2)c1-c1ccc(F)cc1F. The van der Waals surface area contributed by atoms with Gasteiger partial charge in [-0.1, -0.05) is 20.3 Å². The summed E-state index contributed by atoms with van der Waals surface area (Å²) in [6.45, 7) is 1.91. The Morgan fingerprint density at radius 2 is 1.90 bits per heavy atom. The lowest BCUT2D eigenvalue weighted by molar-refractivity contribution is -0.213. The molecule has 1 fully saturated rings. The van der Waals surface area contributed by atoms with Crippen LogP contribution in [0.3, 0.4) is 0 Å². The number of halogens is 5. The number of nitrogens with zero attached hydrogens (tertiary/aromatic N) is 2. The molecule has 1 saturated carbocycles. The van der Waals surface area contributed by atoms with Crippen LogP contribution in [-0.4, -0.2) is 21.9 Å². The van der Waals surface area contributed by atoms with Gasteiger partial charge in [-0.15, -0.1) is 0 Å². The molecule has 2 aromatic rings. The zero-order valence-electron chi connectivity index (χ0n) is 16.3. The van der Waals surface area contributed by atoms with Crippen molar-refractivity contribution in [2.45, 2.75) is 51.6 Å². The third-order valence-electron chi connectivity index (χ3n) is 5.41. The van der Waals surface area contributed by atoms with E-state index in [4.69, 9.17) is 0 Å². The quantitative estimate of drug-likeness (QED) is 0.651. The molecule has 0 spiro atoms. The second kappa shape index (κ2) is 7.42. The van der Waals surface area contributed by atoms with Gasteiger partial charge in [0.2, 0.25) is 5.91 Å². The van der Waals surface area contributed by atoms with E-state index in [1.54, 1.807) is 7.05 Å². The summed E-state index contributed by atoms with van der Waals surface area (Å²) in [5, 5.41) is 6.71. The van der Waals surface area contributed by atoms with Crippen LogP contribution < -0.4 is 5.32 Å². The summed E-state index contributed by atoms with van der Waals surface area (Å²) in [5.41, 5.74) is -1.12. The van der Waals surface area contributed by atoms with Crippen molar-refractivity contribution < 1.29 is 26.7 Å². The third kappa shape index (κ3) is 4.13. The molecule has 0 radical (unpaired) electrons. The van der Waals surface area contributed by atoms with Crippen molar-refractivity contribution in [3.63, 3.8) is 0 Å². The number of alkyl halides is 3. The van der Waals surface area contributed by atoms with Gasteiger partial charge in [-0.3, -0.25) is 9.48 Å². The zero-order valence-corrected chi connectivity index (χ0v) is 16.3. The first kappa shape index (κ1) is 21.3. The predicted molar refractivity (Wildman–Crippen MR) is 98.2 cm³/mol. The van der Waals surface area contributed by atoms with E-state index < -0.39 is 35.6 Å². The zero-order chi connectivity index (χ0) is 21.6. The molecule has 1 N–H and O–H groups in total. The molecule has 1 aliphatic carbocycles. The summed E-state index contributed by atoms with van der Waals surface area (Å²) in [5.74, 6) is -2.20. The van der Waals surface area contributed by atoms with Gasteiger partial charge < -0.3 is 5.32 Å². The fourth-order valence-electron chi connectivity index (χ4n) is 3.40. The molecule has 158 valence electrons. The highest BCUT2D eigenvalue weighted by Crippen LogP contribution is 2.46. The van der Waals surface area contributed by atoms with E-state index in [-0.39, 0.29) is 17.3 Å². The summed E-state index contributed by atoms with van der Waals surface area (Å²) in [6.07, 6.45) is -2.78. The van der Waals surface area contributed by atoms with Crippen molar-refractivity contribution in [3.8, 4) is 11.3 Å². The Morgan fingerprint density at radius 3 is 2.41 bits per heavy atom. The van der Waals surface area contributed by atoms with E-state index in [1.807, 2.05) is 0 Å². The maximum atomic E-state index is 14.4. The number of nitrogens with one attached hydrogen (secondary N) is 1. The van der Waals surface area contributed by atoms with Gasteiger partial charge in [0.05, 0.1) is 11.1 Å². The highest BCUT2D eigenvalue weighted by atomic mass is 19.4. The van der Waals surface area contributed by atoms with Crippen molar-refractivity contribution in [1.82, 2.24) is 9.78 Å². The van der Waals surface area contributed by atoms with Gasteiger partial charge in [0.15, 0.2) is 5.82 Å². The minimum absolute atomic E-state index is 0.00548. The van der Waals surface area contributed by atoms with Crippen molar-refractivity contribution in [1.29, 1.82) is 0 Å². The molecule has 0 saturated heterocycles. The van der Waals surface area contributed by atoms with E-state index in [0.29, 0.717) is 11.3 Å². The highest BCUT2D eigenvalue weighted by Gasteiger charge is 2.48. The largest absolute Gasteiger partial charge is 0.394 e. The Morgan fingerprint density at radius 1 is 1.24 bits per heavy atom. The molecule has 0 aliphatic heterocycles. The molecule has 29 heavy (non-hydrogen) atoms. The van der Waals surface area contributed by atoms with Crippen LogP contribution in [0.15, 0.2) is 18.2 Å². The topological polar surface area (TPSA) is 46.9 Å². The van der Waals surface area contributed by atoms with Crippen LogP contribution in [0.5, 0.6) is 0 Å². The molecule has 9 heteroatoms. The Hall–Kier alpha value is -2.45. The number of benzene rings is 1. The minimum Gasteiger partial charge on any atom is -0.309 e. The third-order valence-corrected chi connectivity index (χ3v) is 5.41. The Kier molecular flexibility index (Phi) is 5.44. The number of hydrogen-bond donors (Lipinski definition) is 1. The number of aryl methyl sites for hydroxylation is 1. The van der Waals surface area contributed by atoms with E-state index in [1.165, 1.54) is 10.7 Å². The van der Waals surface area contributed by atoms with Crippen LogP contribution >= 0.6 is 0 Å². The Balaban J connectivity index is 1.97. The number of hydrogen-bond acceptors (Lipinski definition) is 2. The number of aromatic nitrogens is 2. The van der Waals surface area contributed by atoms with Crippen molar-refractivity contribution in [3.05, 3.63) is 35.4 Å². The van der Waals surface area contributed by atoms with E-state index in [9.17, 15) is 26.7 Å². The number of carbonyl (C=O) groups is 1. The summed E-state index contributed by atoms with van der Waals surface area (Å²) in [6, 6.07) is 3.18. The van der Waals surface area contributed by atoms with E-state index >= 15 is 0 Å². The molecule has 1 amide bonds. The van der Waals surface area contributed by atoms with Gasteiger partial charge in [0.1, 0.15) is 11.6 Å². The number of anilines is 1. The summed E-state index contributed by atoms with van der Waals surface area (Å²) in [7, 11) is 1.55. The molecule has 1 aliphatic rings. The first-order chi connectivity index (χ1) is 13.4. The molecule has 0 bridgehead atoms. The van der Waals surface area contributed by atoms with Crippen LogP contribution in [0.1, 0.15) is 51.0 Å². The van der Waals surface area contributed by atoms with Crippen molar-refractivity contribution in [2.75, 3.05) is 5.32 Å². The monoisotopic (exact) mass is 415 g/mol. The van der Waals surface area contributed by atoms with Gasteiger partial charge in [-0.05, 0) is 30.9 Å². The van der Waals surface area contributed by atoms with Gasteiger partial charge in [0, 0.05) is 30.7 Å². The predicted octanol–water partition coefficient (Wildman–Crippen LogP) is 5.55. The smallest absolute Gasteiger partial charge is 0.309 e. The van der Waals surface area contributed by atoms with Gasteiger partial charge in [0.25, 0.3) is 0 Å². The lowest BCUT2D eigenvalue weighted by Gasteiger charge is -2.28. The normalized spacial score (nSPS) is 15.3. The lowest BCUT2D eigenvalue weighted by Crippen LogP contribution is -2.36. The van der Waals surface area contributed by atoms with Crippen LogP contribution in [0, 0.1) is 17.0 Å². The summed E-state index contributed by atoms with van der Waals surface area (Å²) >= 11 is 0. The first-order valence-electron chi connectivity index (χ1n) is 9.29. The van der Waals surface area contributed by atoms with E-state index in [2.05, 4.69) is 10.4 Å². The highest BCUT2D eigenvalue weighted by molar-refractivity contribution is 5.92. The minimum atomic E-state index is -4.53. The molecule has 4 nitrogen and oxygen atoms in total. The number of amides is 1. The maximum Gasteiger partial charge on any atom is 0.394 e. The fourth-order valence-corrected chi connectivity index (χ4v) is 3.40. The average molecular weight is 415 g/mol. The Labute approximate surface area is 165 Å². The summed E-state index contributed by atoms with van der Waals surface area (Å²) in [4.78, 5) is 12.3. The molecule has 1 aromatic heterocycles. The number of carbonyl (C=O) groups excluding carboxylic acids is 1. The summed E-state index contributed by atoms with van der Waals surface area (Å²) < 4.78 is 68.4. The Bertz CT molecular complexity index is 929. The van der Waals surface area contributed by atoms with E-state index in [0.717, 1.165) is 45.2 Å². The molecule has 0 atom stereocenters. The van der Waals surface area contributed by atoms with Crippen LogP contribution in [0.4, 0.5) is 27.8 Å². The average Bonchev–Trinajstić information content (AvgIpc) is 2.80. The molecule has 1 aromatic carbocycles. The molecule has 1 heterocycles. The molecular weight excluding hydrogens is 393 g/mol. The second-order valence-corrected chi connectivity index (χ2v) is 8.09. The second-order valence-electron chi connectivity index (χ2n) is 8.09. The van der Waals surface area contributed by atoms with Crippen molar-refractivity contribution in [2.24, 2.45) is 12.5 Å². The maximum absolute atomic E-state index is 14.4. The van der Waals surface area contributed by atoms with Gasteiger partial charge in [-0.2, -0.15) is 18.3 Å². The molecule has 3 rings (SSSR count). The van der Waals surface area contributed by atoms with Crippen molar-refractivity contribution >= 4 is 11.7 Å². The van der Waals surface area contributed by atoms with Gasteiger partial charge >= 0.3 is 6.18 Å². The van der Waals surface area contributed by atoms with Gasteiger partial charge in [-0.25, -0.2) is 8.78 Å². The molecular formula is C20H22F5N3O. The standard InChI is InChI=1S/C20H22F5N3O/c1-19(2,20(23,24)25)10-15(29)26-18-16(11-5-4-6-11)17(28(3)27-18)13-8-7-12(21)9-14(13)22/h7-9,11H,4-6,10H2,1-3H3,(H,26,27,29). The fraction of sp³-hybridized carbons (Fsp3) is 0.500.